The molecule has 122 valence electrons. The maximum Gasteiger partial charge on any atom is 0.271 e. The average molecular weight is 346 g/mol. The third-order valence-corrected chi connectivity index (χ3v) is 3.79. The van der Waals surface area contributed by atoms with Crippen LogP contribution in [-0.4, -0.2) is 17.5 Å². The van der Waals surface area contributed by atoms with Gasteiger partial charge in [-0.3, -0.25) is 9.59 Å². The summed E-state index contributed by atoms with van der Waals surface area (Å²) in [4.78, 5) is 24.4. The summed E-state index contributed by atoms with van der Waals surface area (Å²) in [6.45, 7) is 0. The molecule has 0 atom stereocenters. The molecule has 0 spiro atoms. The summed E-state index contributed by atoms with van der Waals surface area (Å²) >= 11 is 5.90. The lowest BCUT2D eigenvalue weighted by Gasteiger charge is -2.23. The summed E-state index contributed by atoms with van der Waals surface area (Å²) < 4.78 is 13.1. The minimum atomic E-state index is -0.492. The first-order valence-corrected chi connectivity index (χ1v) is 7.64. The van der Waals surface area contributed by atoms with Gasteiger partial charge in [-0.15, -0.1) is 0 Å². The average Bonchev–Trinajstić information content (AvgIpc) is 2.58. The van der Waals surface area contributed by atoms with E-state index in [0.717, 1.165) is 6.07 Å². The molecule has 2 amide bonds. The van der Waals surface area contributed by atoms with Crippen LogP contribution in [0.5, 0.6) is 0 Å². The van der Waals surface area contributed by atoms with Gasteiger partial charge in [0.15, 0.2) is 0 Å². The fourth-order valence-corrected chi connectivity index (χ4v) is 2.49. The topological polar surface area (TPSA) is 61.8 Å². The molecule has 1 N–H and O–H groups in total. The van der Waals surface area contributed by atoms with E-state index in [1.807, 2.05) is 6.07 Å². The van der Waals surface area contributed by atoms with Gasteiger partial charge in [-0.1, -0.05) is 29.8 Å². The first-order chi connectivity index (χ1) is 11.5. The normalized spacial score (nSPS) is 14.3. The second kappa shape index (κ2) is 6.80. The Labute approximate surface area is 142 Å². The van der Waals surface area contributed by atoms with E-state index < -0.39 is 11.7 Å². The number of hydrogen-bond acceptors (Lipinski definition) is 3. The number of amides is 2. The van der Waals surface area contributed by atoms with Gasteiger partial charge < -0.3 is 5.32 Å². The van der Waals surface area contributed by atoms with Crippen LogP contribution in [0.3, 0.4) is 0 Å². The fourth-order valence-electron chi connectivity index (χ4n) is 2.27. The largest absolute Gasteiger partial charge is 0.320 e. The Hall–Kier alpha value is -2.73. The Kier molecular flexibility index (Phi) is 4.57. The van der Waals surface area contributed by atoms with Gasteiger partial charge in [-0.25, -0.2) is 9.40 Å². The van der Waals surface area contributed by atoms with Gasteiger partial charge in [0.2, 0.25) is 5.91 Å². The van der Waals surface area contributed by atoms with E-state index in [1.165, 1.54) is 17.1 Å². The van der Waals surface area contributed by atoms with Crippen molar-refractivity contribution in [1.29, 1.82) is 0 Å². The van der Waals surface area contributed by atoms with Crippen LogP contribution in [0, 0.1) is 5.82 Å². The van der Waals surface area contributed by atoms with E-state index in [2.05, 4.69) is 10.4 Å². The maximum atomic E-state index is 13.1. The van der Waals surface area contributed by atoms with Gasteiger partial charge >= 0.3 is 0 Å². The molecule has 0 saturated heterocycles. The summed E-state index contributed by atoms with van der Waals surface area (Å²) in [6.07, 6.45) is 0.408. The van der Waals surface area contributed by atoms with E-state index in [1.54, 1.807) is 24.3 Å². The number of carbonyl (C=O) groups is 2. The number of hydrazone groups is 1. The van der Waals surface area contributed by atoms with Gasteiger partial charge in [-0.05, 0) is 30.3 Å². The molecular weight excluding hydrogens is 333 g/mol. The predicted molar refractivity (Wildman–Crippen MR) is 90.6 cm³/mol. The number of nitrogens with one attached hydrogen (secondary N) is 1. The molecule has 0 aromatic heterocycles. The van der Waals surface area contributed by atoms with E-state index in [0.29, 0.717) is 5.69 Å². The summed E-state index contributed by atoms with van der Waals surface area (Å²) in [7, 11) is 0. The summed E-state index contributed by atoms with van der Waals surface area (Å²) in [5.41, 5.74) is 1.08. The highest BCUT2D eigenvalue weighted by atomic mass is 35.5. The first kappa shape index (κ1) is 16.1. The highest BCUT2D eigenvalue weighted by Crippen LogP contribution is 2.24. The van der Waals surface area contributed by atoms with Gasteiger partial charge in [0, 0.05) is 12.8 Å². The van der Waals surface area contributed by atoms with Crippen LogP contribution in [0.4, 0.5) is 15.8 Å². The van der Waals surface area contributed by atoms with Crippen LogP contribution in [-0.2, 0) is 9.59 Å². The fraction of sp³-hybridized carbons (Fsp3) is 0.118. The van der Waals surface area contributed by atoms with Crippen molar-refractivity contribution < 1.29 is 14.0 Å². The third kappa shape index (κ3) is 3.44. The van der Waals surface area contributed by atoms with Crippen molar-refractivity contribution in [1.82, 2.24) is 0 Å². The molecule has 1 aliphatic heterocycles. The van der Waals surface area contributed by atoms with Crippen LogP contribution in [0.15, 0.2) is 53.6 Å². The van der Waals surface area contributed by atoms with Gasteiger partial charge in [0.1, 0.15) is 11.5 Å². The Balaban J connectivity index is 1.82. The number of hydrogen-bond donors (Lipinski definition) is 1. The highest BCUT2D eigenvalue weighted by Gasteiger charge is 2.25. The molecule has 2 aromatic carbocycles. The maximum absolute atomic E-state index is 13.1. The zero-order valence-electron chi connectivity index (χ0n) is 12.5. The molecule has 0 fully saturated rings. The second-order valence-electron chi connectivity index (χ2n) is 5.17. The van der Waals surface area contributed by atoms with Crippen molar-refractivity contribution in [3.05, 3.63) is 59.4 Å². The highest BCUT2D eigenvalue weighted by molar-refractivity contribution is 6.45. The number of para-hydroxylation sites is 1. The van der Waals surface area contributed by atoms with E-state index in [-0.39, 0.29) is 35.2 Å². The van der Waals surface area contributed by atoms with Gasteiger partial charge in [-0.2, -0.15) is 5.10 Å². The van der Waals surface area contributed by atoms with Crippen LogP contribution in [0.25, 0.3) is 0 Å². The standard InChI is InChI=1S/C17H13ClFN3O2/c18-13-10-11(19)6-7-14(13)20-17(24)15-8-9-16(23)22(21-15)12-4-2-1-3-5-12/h1-7,10H,8-9H2,(H,20,24). The van der Waals surface area contributed by atoms with Gasteiger partial charge in [0.05, 0.1) is 16.4 Å². The second-order valence-corrected chi connectivity index (χ2v) is 5.57. The van der Waals surface area contributed by atoms with Crippen molar-refractivity contribution in [2.24, 2.45) is 5.10 Å². The first-order valence-electron chi connectivity index (χ1n) is 7.26. The quantitative estimate of drug-likeness (QED) is 0.923. The molecule has 0 bridgehead atoms. The molecule has 1 aliphatic rings. The smallest absolute Gasteiger partial charge is 0.271 e. The van der Waals surface area contributed by atoms with Crippen LogP contribution < -0.4 is 10.3 Å². The molecule has 1 heterocycles. The van der Waals surface area contributed by atoms with E-state index in [9.17, 15) is 14.0 Å². The minimum Gasteiger partial charge on any atom is -0.320 e. The third-order valence-electron chi connectivity index (χ3n) is 3.47. The number of benzene rings is 2. The number of rotatable bonds is 3. The number of halogens is 2. The van der Waals surface area contributed by atoms with E-state index in [4.69, 9.17) is 11.6 Å². The SMILES string of the molecule is O=C(Nc1ccc(F)cc1Cl)C1=NN(c2ccccc2)C(=O)CC1. The molecule has 2 aromatic rings. The van der Waals surface area contributed by atoms with Crippen molar-refractivity contribution >= 4 is 40.5 Å². The molecule has 24 heavy (non-hydrogen) atoms. The monoisotopic (exact) mass is 345 g/mol. The molecular formula is C17H13ClFN3O2. The van der Waals surface area contributed by atoms with Crippen LogP contribution >= 0.6 is 11.6 Å². The van der Waals surface area contributed by atoms with Crippen molar-refractivity contribution in [3.63, 3.8) is 0 Å². The van der Waals surface area contributed by atoms with Crippen molar-refractivity contribution in [2.45, 2.75) is 12.8 Å². The Morgan fingerprint density at radius 1 is 1.17 bits per heavy atom. The lowest BCUT2D eigenvalue weighted by molar-refractivity contribution is -0.118. The lowest BCUT2D eigenvalue weighted by atomic mass is 10.1. The van der Waals surface area contributed by atoms with Crippen LogP contribution in [0.2, 0.25) is 5.02 Å². The summed E-state index contributed by atoms with van der Waals surface area (Å²) in [5, 5.41) is 8.04. The number of nitrogens with zero attached hydrogens (tertiary/aromatic N) is 2. The zero-order chi connectivity index (χ0) is 17.1. The molecule has 7 heteroatoms. The summed E-state index contributed by atoms with van der Waals surface area (Å²) in [6, 6.07) is 12.5. The molecule has 0 radical (unpaired) electrons. The predicted octanol–water partition coefficient (Wildman–Crippen LogP) is 3.60. The number of anilines is 2. The van der Waals surface area contributed by atoms with Crippen molar-refractivity contribution in [3.8, 4) is 0 Å². The Morgan fingerprint density at radius 3 is 2.62 bits per heavy atom. The molecule has 5 nitrogen and oxygen atoms in total. The molecule has 0 unspecified atom stereocenters. The number of carbonyl (C=O) groups excluding carboxylic acids is 2. The van der Waals surface area contributed by atoms with Crippen LogP contribution in [0.1, 0.15) is 12.8 Å². The minimum absolute atomic E-state index is 0.0933. The van der Waals surface area contributed by atoms with Gasteiger partial charge in [0.25, 0.3) is 5.91 Å². The molecule has 3 rings (SSSR count). The molecule has 0 saturated carbocycles. The van der Waals surface area contributed by atoms with E-state index >= 15 is 0 Å². The van der Waals surface area contributed by atoms with Crippen molar-refractivity contribution in [2.75, 3.05) is 10.3 Å². The Morgan fingerprint density at radius 2 is 1.92 bits per heavy atom. The molecule has 0 aliphatic carbocycles. The Bertz CT molecular complexity index is 824. The zero-order valence-corrected chi connectivity index (χ0v) is 13.3. The lowest BCUT2D eigenvalue weighted by Crippen LogP contribution is -2.36. The summed E-state index contributed by atoms with van der Waals surface area (Å²) in [5.74, 6) is -1.15.